The average Bonchev–Trinajstić information content (AvgIpc) is 2.46. The zero-order valence-corrected chi connectivity index (χ0v) is 11.9. The van der Waals surface area contributed by atoms with Crippen molar-refractivity contribution in [3.05, 3.63) is 42.0 Å². The SMILES string of the molecule is COc1c(N)cc(S(=O)(=O)NCc2cccnn2)cc1F. The number of ether oxygens (including phenoxy) is 1. The van der Waals surface area contributed by atoms with E-state index in [9.17, 15) is 12.8 Å². The van der Waals surface area contributed by atoms with Crippen molar-refractivity contribution in [2.75, 3.05) is 12.8 Å². The number of rotatable bonds is 5. The normalized spacial score (nSPS) is 11.3. The van der Waals surface area contributed by atoms with Crippen LogP contribution in [0, 0.1) is 5.82 Å². The molecule has 0 atom stereocenters. The Kier molecular flexibility index (Phi) is 4.34. The van der Waals surface area contributed by atoms with E-state index >= 15 is 0 Å². The summed E-state index contributed by atoms with van der Waals surface area (Å²) in [5, 5.41) is 7.37. The van der Waals surface area contributed by atoms with Gasteiger partial charge in [-0.2, -0.15) is 10.2 Å². The summed E-state index contributed by atoms with van der Waals surface area (Å²) in [6, 6.07) is 5.20. The highest BCUT2D eigenvalue weighted by atomic mass is 32.2. The van der Waals surface area contributed by atoms with Gasteiger partial charge in [0.1, 0.15) is 0 Å². The third kappa shape index (κ3) is 3.44. The third-order valence-corrected chi connectivity index (χ3v) is 4.01. The van der Waals surface area contributed by atoms with Gasteiger partial charge in [-0.25, -0.2) is 17.5 Å². The second-order valence-corrected chi connectivity index (χ2v) is 5.83. The third-order valence-electron chi connectivity index (χ3n) is 2.63. The maximum absolute atomic E-state index is 13.7. The molecule has 0 unspecified atom stereocenters. The van der Waals surface area contributed by atoms with E-state index in [1.807, 2.05) is 0 Å². The van der Waals surface area contributed by atoms with Crippen LogP contribution >= 0.6 is 0 Å². The Morgan fingerprint density at radius 1 is 1.43 bits per heavy atom. The first kappa shape index (κ1) is 15.1. The zero-order valence-electron chi connectivity index (χ0n) is 11.1. The number of hydrogen-bond donors (Lipinski definition) is 2. The summed E-state index contributed by atoms with van der Waals surface area (Å²) in [4.78, 5) is -0.290. The van der Waals surface area contributed by atoms with Crippen LogP contribution in [-0.4, -0.2) is 25.7 Å². The molecule has 1 heterocycles. The Balaban J connectivity index is 2.24. The predicted molar refractivity (Wildman–Crippen MR) is 73.4 cm³/mol. The maximum atomic E-state index is 13.7. The topological polar surface area (TPSA) is 107 Å². The van der Waals surface area contributed by atoms with Crippen molar-refractivity contribution in [3.8, 4) is 5.75 Å². The molecule has 21 heavy (non-hydrogen) atoms. The van der Waals surface area contributed by atoms with Crippen LogP contribution in [0.5, 0.6) is 5.75 Å². The van der Waals surface area contributed by atoms with Crippen LogP contribution in [0.15, 0.2) is 35.4 Å². The Bertz CT molecular complexity index is 714. The van der Waals surface area contributed by atoms with Gasteiger partial charge in [-0.1, -0.05) is 0 Å². The fraction of sp³-hybridized carbons (Fsp3) is 0.167. The van der Waals surface area contributed by atoms with Crippen molar-refractivity contribution in [2.45, 2.75) is 11.4 Å². The minimum atomic E-state index is -3.92. The maximum Gasteiger partial charge on any atom is 0.241 e. The molecular weight excluding hydrogens is 299 g/mol. The Morgan fingerprint density at radius 2 is 2.19 bits per heavy atom. The quantitative estimate of drug-likeness (QED) is 0.786. The molecule has 0 fully saturated rings. The molecule has 1 aromatic heterocycles. The van der Waals surface area contributed by atoms with E-state index in [-0.39, 0.29) is 22.9 Å². The van der Waals surface area contributed by atoms with Crippen LogP contribution in [0.1, 0.15) is 5.69 Å². The first-order valence-corrected chi connectivity index (χ1v) is 7.31. The van der Waals surface area contributed by atoms with Gasteiger partial charge in [0, 0.05) is 6.20 Å². The number of benzene rings is 1. The van der Waals surface area contributed by atoms with E-state index in [0.29, 0.717) is 5.69 Å². The monoisotopic (exact) mass is 312 g/mol. The number of nitrogens with two attached hydrogens (primary N) is 1. The van der Waals surface area contributed by atoms with Crippen LogP contribution in [0.4, 0.5) is 10.1 Å². The van der Waals surface area contributed by atoms with Gasteiger partial charge in [0.05, 0.1) is 29.9 Å². The lowest BCUT2D eigenvalue weighted by atomic mass is 10.3. The summed E-state index contributed by atoms with van der Waals surface area (Å²) in [7, 11) is -2.68. The van der Waals surface area contributed by atoms with Crippen molar-refractivity contribution in [1.82, 2.24) is 14.9 Å². The van der Waals surface area contributed by atoms with Crippen molar-refractivity contribution in [2.24, 2.45) is 0 Å². The molecule has 0 saturated carbocycles. The molecule has 0 aliphatic rings. The molecule has 0 bridgehead atoms. The van der Waals surface area contributed by atoms with Crippen molar-refractivity contribution < 1.29 is 17.5 Å². The summed E-state index contributed by atoms with van der Waals surface area (Å²) in [5.41, 5.74) is 5.89. The van der Waals surface area contributed by atoms with Gasteiger partial charge in [-0.05, 0) is 24.3 Å². The van der Waals surface area contributed by atoms with Crippen molar-refractivity contribution in [3.63, 3.8) is 0 Å². The van der Waals surface area contributed by atoms with Crippen LogP contribution in [-0.2, 0) is 16.6 Å². The minimum absolute atomic E-state index is 0.0657. The van der Waals surface area contributed by atoms with E-state index in [2.05, 4.69) is 14.9 Å². The molecule has 0 amide bonds. The second-order valence-electron chi connectivity index (χ2n) is 4.07. The Morgan fingerprint density at radius 3 is 2.76 bits per heavy atom. The highest BCUT2D eigenvalue weighted by Crippen LogP contribution is 2.28. The van der Waals surface area contributed by atoms with Crippen LogP contribution in [0.2, 0.25) is 0 Å². The second kappa shape index (κ2) is 6.02. The number of aromatic nitrogens is 2. The molecule has 1 aromatic carbocycles. The fourth-order valence-corrected chi connectivity index (χ4v) is 2.68. The molecule has 0 saturated heterocycles. The zero-order chi connectivity index (χ0) is 15.5. The highest BCUT2D eigenvalue weighted by molar-refractivity contribution is 7.89. The molecule has 2 aromatic rings. The largest absolute Gasteiger partial charge is 0.492 e. The lowest BCUT2D eigenvalue weighted by Crippen LogP contribution is -2.24. The highest BCUT2D eigenvalue weighted by Gasteiger charge is 2.19. The average molecular weight is 312 g/mol. The Labute approximate surface area is 121 Å². The van der Waals surface area contributed by atoms with Gasteiger partial charge < -0.3 is 10.5 Å². The molecule has 9 heteroatoms. The van der Waals surface area contributed by atoms with E-state index in [0.717, 1.165) is 12.1 Å². The molecule has 0 spiro atoms. The van der Waals surface area contributed by atoms with Gasteiger partial charge >= 0.3 is 0 Å². The number of halogens is 1. The number of anilines is 1. The molecule has 3 N–H and O–H groups in total. The molecule has 0 aliphatic heterocycles. The summed E-state index contributed by atoms with van der Waals surface area (Å²) in [6.07, 6.45) is 1.47. The molecular formula is C12H13FN4O3S. The van der Waals surface area contributed by atoms with Gasteiger partial charge in [0.15, 0.2) is 11.6 Å². The Hall–Kier alpha value is -2.26. The van der Waals surface area contributed by atoms with Crippen molar-refractivity contribution in [1.29, 1.82) is 0 Å². The van der Waals surface area contributed by atoms with Crippen LogP contribution in [0.25, 0.3) is 0 Å². The standard InChI is InChI=1S/C12H13FN4O3S/c1-20-12-10(13)5-9(6-11(12)14)21(18,19)16-7-8-3-2-4-15-17-8/h2-6,16H,7,14H2,1H3. The summed E-state index contributed by atoms with van der Waals surface area (Å²) in [5.74, 6) is -1.04. The van der Waals surface area contributed by atoms with E-state index < -0.39 is 15.8 Å². The van der Waals surface area contributed by atoms with E-state index in [1.54, 1.807) is 12.1 Å². The van der Waals surface area contributed by atoms with Gasteiger partial charge in [0.2, 0.25) is 10.0 Å². The number of nitrogen functional groups attached to an aromatic ring is 1. The van der Waals surface area contributed by atoms with E-state index in [1.165, 1.54) is 13.3 Å². The van der Waals surface area contributed by atoms with Crippen molar-refractivity contribution >= 4 is 15.7 Å². The first-order valence-electron chi connectivity index (χ1n) is 5.83. The number of nitrogens with one attached hydrogen (secondary N) is 1. The molecule has 2 rings (SSSR count). The lowest BCUT2D eigenvalue weighted by Gasteiger charge is -2.10. The molecule has 0 aliphatic carbocycles. The van der Waals surface area contributed by atoms with Gasteiger partial charge in [-0.15, -0.1) is 0 Å². The van der Waals surface area contributed by atoms with Crippen LogP contribution in [0.3, 0.4) is 0 Å². The first-order chi connectivity index (χ1) is 9.94. The van der Waals surface area contributed by atoms with Crippen LogP contribution < -0.4 is 15.2 Å². The predicted octanol–water partition coefficient (Wildman–Crippen LogP) is 0.685. The summed E-state index contributed by atoms with van der Waals surface area (Å²) < 4.78 is 44.9. The number of hydrogen-bond acceptors (Lipinski definition) is 6. The smallest absolute Gasteiger partial charge is 0.241 e. The number of sulfonamides is 1. The number of nitrogens with zero attached hydrogens (tertiary/aromatic N) is 2. The summed E-state index contributed by atoms with van der Waals surface area (Å²) in [6.45, 7) is -0.0657. The lowest BCUT2D eigenvalue weighted by molar-refractivity contribution is 0.388. The van der Waals surface area contributed by atoms with Gasteiger partial charge in [-0.3, -0.25) is 0 Å². The summed E-state index contributed by atoms with van der Waals surface area (Å²) >= 11 is 0. The minimum Gasteiger partial charge on any atom is -0.492 e. The van der Waals surface area contributed by atoms with Gasteiger partial charge in [0.25, 0.3) is 0 Å². The molecule has 0 radical (unpaired) electrons. The molecule has 7 nitrogen and oxygen atoms in total. The van der Waals surface area contributed by atoms with E-state index in [4.69, 9.17) is 10.5 Å². The fourth-order valence-electron chi connectivity index (χ4n) is 1.64. The number of methoxy groups -OCH3 is 1. The molecule has 112 valence electrons.